The predicted octanol–water partition coefficient (Wildman–Crippen LogP) is 3.36. The van der Waals surface area contributed by atoms with Crippen molar-refractivity contribution in [2.75, 3.05) is 5.73 Å². The van der Waals surface area contributed by atoms with E-state index in [1.165, 1.54) is 17.7 Å². The van der Waals surface area contributed by atoms with Gasteiger partial charge in [-0.3, -0.25) is 0 Å². The first kappa shape index (κ1) is 12.8. The van der Waals surface area contributed by atoms with Gasteiger partial charge in [-0.2, -0.15) is 0 Å². The molecule has 2 rings (SSSR count). The fourth-order valence-electron chi connectivity index (χ4n) is 2.31. The molecule has 94 valence electrons. The van der Waals surface area contributed by atoms with Crippen molar-refractivity contribution in [3.05, 3.63) is 23.8 Å². The molecule has 1 aliphatic carbocycles. The zero-order valence-corrected chi connectivity index (χ0v) is 11.2. The molecule has 0 spiro atoms. The van der Waals surface area contributed by atoms with E-state index in [4.69, 9.17) is 5.73 Å². The van der Waals surface area contributed by atoms with Crippen LogP contribution < -0.4 is 5.73 Å². The molecule has 0 saturated heterocycles. The fraction of sp³-hybridized carbons (Fsp3) is 0.571. The molecule has 1 aromatic rings. The van der Waals surface area contributed by atoms with Gasteiger partial charge in [-0.1, -0.05) is 25.3 Å². The summed E-state index contributed by atoms with van der Waals surface area (Å²) < 4.78 is 0. The van der Waals surface area contributed by atoms with Crippen LogP contribution in [-0.2, 0) is 0 Å². The molecule has 0 heterocycles. The van der Waals surface area contributed by atoms with E-state index >= 15 is 0 Å². The van der Waals surface area contributed by atoms with Crippen LogP contribution in [0, 0.1) is 6.92 Å². The predicted molar refractivity (Wildman–Crippen MR) is 74.3 cm³/mol. The molecule has 3 N–H and O–H groups in total. The van der Waals surface area contributed by atoms with Gasteiger partial charge in [0.1, 0.15) is 0 Å². The van der Waals surface area contributed by atoms with Crippen molar-refractivity contribution >= 4 is 17.4 Å². The van der Waals surface area contributed by atoms with Gasteiger partial charge in [0.05, 0.1) is 6.10 Å². The number of aliphatic hydroxyl groups is 1. The van der Waals surface area contributed by atoms with Gasteiger partial charge in [-0.25, -0.2) is 0 Å². The van der Waals surface area contributed by atoms with Crippen LogP contribution in [0.1, 0.15) is 37.7 Å². The number of rotatable bonds is 2. The minimum Gasteiger partial charge on any atom is -0.398 e. The first-order chi connectivity index (χ1) is 8.18. The van der Waals surface area contributed by atoms with Gasteiger partial charge >= 0.3 is 0 Å². The third kappa shape index (κ3) is 3.17. The first-order valence-corrected chi connectivity index (χ1v) is 7.26. The minimum absolute atomic E-state index is 0.164. The molecule has 0 aliphatic heterocycles. The Kier molecular flexibility index (Phi) is 4.35. The normalized spacial score (nSPS) is 25.5. The summed E-state index contributed by atoms with van der Waals surface area (Å²) in [5, 5.41) is 10.4. The molecule has 1 fully saturated rings. The average Bonchev–Trinajstić information content (AvgIpc) is 2.51. The summed E-state index contributed by atoms with van der Waals surface area (Å²) in [5.41, 5.74) is 7.91. The largest absolute Gasteiger partial charge is 0.398 e. The minimum atomic E-state index is -0.164. The highest BCUT2D eigenvalue weighted by molar-refractivity contribution is 8.00. The summed E-state index contributed by atoms with van der Waals surface area (Å²) >= 11 is 1.80. The number of hydrogen-bond donors (Lipinski definition) is 2. The Morgan fingerprint density at radius 2 is 2.00 bits per heavy atom. The summed E-state index contributed by atoms with van der Waals surface area (Å²) in [6.45, 7) is 2.06. The van der Waals surface area contributed by atoms with Crippen molar-refractivity contribution in [2.45, 2.75) is 55.3 Å². The number of nitrogens with two attached hydrogens (primary N) is 1. The van der Waals surface area contributed by atoms with E-state index < -0.39 is 0 Å². The van der Waals surface area contributed by atoms with Crippen molar-refractivity contribution in [2.24, 2.45) is 0 Å². The van der Waals surface area contributed by atoms with Crippen LogP contribution in [0.3, 0.4) is 0 Å². The van der Waals surface area contributed by atoms with Crippen LogP contribution in [-0.4, -0.2) is 16.5 Å². The third-order valence-electron chi connectivity index (χ3n) is 3.52. The Bertz CT molecular complexity index is 380. The molecule has 0 radical (unpaired) electrons. The zero-order chi connectivity index (χ0) is 12.3. The van der Waals surface area contributed by atoms with Gasteiger partial charge in [0, 0.05) is 15.8 Å². The second-order valence-electron chi connectivity index (χ2n) is 4.83. The smallest absolute Gasteiger partial charge is 0.0662 e. The lowest BCUT2D eigenvalue weighted by Gasteiger charge is -2.21. The van der Waals surface area contributed by atoms with E-state index in [1.807, 2.05) is 12.1 Å². The van der Waals surface area contributed by atoms with E-state index in [0.717, 1.165) is 30.5 Å². The molecule has 2 nitrogen and oxygen atoms in total. The van der Waals surface area contributed by atoms with Crippen molar-refractivity contribution in [3.8, 4) is 0 Å². The van der Waals surface area contributed by atoms with Crippen molar-refractivity contribution in [1.29, 1.82) is 0 Å². The zero-order valence-electron chi connectivity index (χ0n) is 10.4. The Hall–Kier alpha value is -0.670. The Labute approximate surface area is 108 Å². The number of hydrogen-bond acceptors (Lipinski definition) is 3. The SMILES string of the molecule is Cc1c(N)cccc1SC1CCCCCC1O. The van der Waals surface area contributed by atoms with Crippen LogP contribution in [0.2, 0.25) is 0 Å². The average molecular weight is 251 g/mol. The number of thioether (sulfide) groups is 1. The standard InChI is InChI=1S/C14H21NOS/c1-10-11(15)6-5-9-13(10)17-14-8-4-2-3-7-12(14)16/h5-6,9,12,14,16H,2-4,7-8,15H2,1H3. The topological polar surface area (TPSA) is 46.2 Å². The molecule has 3 heteroatoms. The Morgan fingerprint density at radius 1 is 1.24 bits per heavy atom. The van der Waals surface area contributed by atoms with Gasteiger partial charge < -0.3 is 10.8 Å². The van der Waals surface area contributed by atoms with Crippen LogP contribution in [0.25, 0.3) is 0 Å². The van der Waals surface area contributed by atoms with E-state index in [-0.39, 0.29) is 6.10 Å². The lowest BCUT2D eigenvalue weighted by molar-refractivity contribution is 0.163. The molecule has 0 bridgehead atoms. The maximum absolute atomic E-state index is 10.1. The van der Waals surface area contributed by atoms with Crippen LogP contribution in [0.5, 0.6) is 0 Å². The summed E-state index contributed by atoms with van der Waals surface area (Å²) in [5.74, 6) is 0. The summed E-state index contributed by atoms with van der Waals surface area (Å²) in [6, 6.07) is 6.03. The van der Waals surface area contributed by atoms with Gasteiger partial charge in [0.15, 0.2) is 0 Å². The first-order valence-electron chi connectivity index (χ1n) is 6.38. The lowest BCUT2D eigenvalue weighted by atomic mass is 10.1. The number of aliphatic hydroxyl groups excluding tert-OH is 1. The second-order valence-corrected chi connectivity index (χ2v) is 6.11. The molecule has 17 heavy (non-hydrogen) atoms. The van der Waals surface area contributed by atoms with E-state index in [1.54, 1.807) is 11.8 Å². The summed E-state index contributed by atoms with van der Waals surface area (Å²) in [6.07, 6.45) is 5.54. The van der Waals surface area contributed by atoms with Crippen molar-refractivity contribution in [1.82, 2.24) is 0 Å². The summed E-state index contributed by atoms with van der Waals surface area (Å²) in [7, 11) is 0. The van der Waals surface area contributed by atoms with Crippen molar-refractivity contribution < 1.29 is 5.11 Å². The lowest BCUT2D eigenvalue weighted by Crippen LogP contribution is -2.21. The van der Waals surface area contributed by atoms with E-state index in [0.29, 0.717) is 5.25 Å². The van der Waals surface area contributed by atoms with Gasteiger partial charge in [-0.05, 0) is 37.5 Å². The molecule has 1 aromatic carbocycles. The van der Waals surface area contributed by atoms with Gasteiger partial charge in [-0.15, -0.1) is 11.8 Å². The molecule has 1 aliphatic rings. The molecule has 2 atom stereocenters. The molecule has 0 aromatic heterocycles. The maximum Gasteiger partial charge on any atom is 0.0662 e. The Morgan fingerprint density at radius 3 is 2.82 bits per heavy atom. The number of anilines is 1. The fourth-order valence-corrected chi connectivity index (χ4v) is 3.67. The highest BCUT2D eigenvalue weighted by Crippen LogP contribution is 2.35. The molecule has 1 saturated carbocycles. The van der Waals surface area contributed by atoms with E-state index in [9.17, 15) is 5.11 Å². The van der Waals surface area contributed by atoms with Crippen molar-refractivity contribution in [3.63, 3.8) is 0 Å². The maximum atomic E-state index is 10.1. The number of benzene rings is 1. The van der Waals surface area contributed by atoms with Crippen LogP contribution in [0.4, 0.5) is 5.69 Å². The Balaban J connectivity index is 2.10. The molecule has 0 amide bonds. The third-order valence-corrected chi connectivity index (χ3v) is 5.07. The number of nitrogen functional groups attached to an aromatic ring is 1. The molecular formula is C14H21NOS. The molecular weight excluding hydrogens is 230 g/mol. The van der Waals surface area contributed by atoms with E-state index in [2.05, 4.69) is 13.0 Å². The highest BCUT2D eigenvalue weighted by atomic mass is 32.2. The van der Waals surface area contributed by atoms with Crippen LogP contribution in [0.15, 0.2) is 23.1 Å². The second kappa shape index (κ2) is 5.78. The highest BCUT2D eigenvalue weighted by Gasteiger charge is 2.23. The van der Waals surface area contributed by atoms with Gasteiger partial charge in [0.2, 0.25) is 0 Å². The monoisotopic (exact) mass is 251 g/mol. The van der Waals surface area contributed by atoms with Crippen LogP contribution >= 0.6 is 11.8 Å². The quantitative estimate of drug-likeness (QED) is 0.626. The summed E-state index contributed by atoms with van der Waals surface area (Å²) in [4.78, 5) is 1.22. The van der Waals surface area contributed by atoms with Gasteiger partial charge in [0.25, 0.3) is 0 Å². The molecule has 2 unspecified atom stereocenters.